The molecular weight excluding hydrogens is 455 g/mol. The van der Waals surface area contributed by atoms with E-state index < -0.39 is 19.1 Å². The number of pyridine rings is 1. The quantitative estimate of drug-likeness (QED) is 0.459. The fraction of sp³-hybridized carbons (Fsp3) is 0.474. The van der Waals surface area contributed by atoms with Crippen LogP contribution in [0.15, 0.2) is 27.9 Å². The molecule has 0 spiro atoms. The highest BCUT2D eigenvalue weighted by atomic mass is 31.2. The molecule has 4 heterocycles. The molecule has 14 heteroatoms. The summed E-state index contributed by atoms with van der Waals surface area (Å²) in [4.78, 5) is 50.5. The van der Waals surface area contributed by atoms with E-state index in [0.717, 1.165) is 11.1 Å². The van der Waals surface area contributed by atoms with Crippen molar-refractivity contribution in [3.05, 3.63) is 34.9 Å². The van der Waals surface area contributed by atoms with E-state index in [2.05, 4.69) is 20.3 Å². The van der Waals surface area contributed by atoms with E-state index in [4.69, 9.17) is 18.9 Å². The molecule has 1 fully saturated rings. The smallest absolute Gasteiger partial charge is 0.325 e. The zero-order valence-corrected chi connectivity index (χ0v) is 18.7. The number of methoxy groups -OCH3 is 1. The van der Waals surface area contributed by atoms with Crippen molar-refractivity contribution in [2.24, 2.45) is 5.92 Å². The minimum atomic E-state index is -4.03. The fourth-order valence-electron chi connectivity index (χ4n) is 3.90. The van der Waals surface area contributed by atoms with Gasteiger partial charge in [-0.1, -0.05) is 0 Å². The molecule has 1 aliphatic heterocycles. The van der Waals surface area contributed by atoms with Gasteiger partial charge in [-0.2, -0.15) is 14.8 Å². The molecule has 2 N–H and O–H groups in total. The summed E-state index contributed by atoms with van der Waals surface area (Å²) in [5.74, 6) is 0.296. The third kappa shape index (κ3) is 5.27. The van der Waals surface area contributed by atoms with Crippen molar-refractivity contribution >= 4 is 30.1 Å². The molecular formula is C19H23N6O7P. The van der Waals surface area contributed by atoms with Gasteiger partial charge in [-0.05, 0) is 25.2 Å². The largest absolute Gasteiger partial charge is 0.481 e. The first kappa shape index (κ1) is 23.0. The SMILES string of the molecule is COc1cc2cnn(C(=O)Cc3nnco3)c(=O)c2c(N2CCC(CCP(=O)(O)O)CC2)n1. The minimum absolute atomic E-state index is 0.0688. The second kappa shape index (κ2) is 9.38. The summed E-state index contributed by atoms with van der Waals surface area (Å²) in [5, 5.41) is 11.9. The number of rotatable bonds is 7. The highest BCUT2D eigenvalue weighted by molar-refractivity contribution is 7.51. The van der Waals surface area contributed by atoms with Gasteiger partial charge in [0, 0.05) is 24.5 Å². The van der Waals surface area contributed by atoms with E-state index in [1.54, 1.807) is 6.07 Å². The van der Waals surface area contributed by atoms with Gasteiger partial charge < -0.3 is 23.8 Å². The Bertz CT molecular complexity index is 1250. The lowest BCUT2D eigenvalue weighted by atomic mass is 9.94. The Balaban J connectivity index is 1.63. The molecule has 0 bridgehead atoms. The van der Waals surface area contributed by atoms with Gasteiger partial charge in [0.05, 0.1) is 24.9 Å². The Labute approximate surface area is 187 Å². The van der Waals surface area contributed by atoms with Crippen LogP contribution in [0.3, 0.4) is 0 Å². The summed E-state index contributed by atoms with van der Waals surface area (Å²) in [5.41, 5.74) is -0.620. The standard InChI is InChI=1S/C19H23N6O7P/c1-31-14-8-13-10-21-25(16(26)9-15-23-20-11-32-15)19(27)17(13)18(22-14)24-5-2-12(3-6-24)4-7-33(28,29)30/h8,10-12H,2-7,9H2,1H3,(H2,28,29,30). The Morgan fingerprint density at radius 2 is 2.09 bits per heavy atom. The molecule has 13 nitrogen and oxygen atoms in total. The average Bonchev–Trinajstić information content (AvgIpc) is 3.30. The minimum Gasteiger partial charge on any atom is -0.481 e. The van der Waals surface area contributed by atoms with Crippen molar-refractivity contribution in [2.75, 3.05) is 31.3 Å². The summed E-state index contributed by atoms with van der Waals surface area (Å²) in [7, 11) is -2.57. The van der Waals surface area contributed by atoms with Gasteiger partial charge in [-0.15, -0.1) is 10.2 Å². The molecule has 0 atom stereocenters. The number of carbonyl (C=O) groups is 1. The van der Waals surface area contributed by atoms with E-state index in [9.17, 15) is 14.2 Å². The normalized spacial score (nSPS) is 15.2. The number of hydrogen-bond acceptors (Lipinski definition) is 10. The van der Waals surface area contributed by atoms with E-state index in [0.29, 0.717) is 49.4 Å². The maximum absolute atomic E-state index is 13.3. The van der Waals surface area contributed by atoms with Gasteiger partial charge in [-0.3, -0.25) is 14.2 Å². The Kier molecular flexibility index (Phi) is 6.54. The third-order valence-electron chi connectivity index (χ3n) is 5.62. The zero-order chi connectivity index (χ0) is 23.6. The maximum atomic E-state index is 13.3. The number of fused-ring (bicyclic) bond motifs is 1. The zero-order valence-electron chi connectivity index (χ0n) is 17.8. The van der Waals surface area contributed by atoms with Crippen LogP contribution in [0.2, 0.25) is 0 Å². The molecule has 1 saturated heterocycles. The summed E-state index contributed by atoms with van der Waals surface area (Å²) in [6.07, 6.45) is 3.90. The molecule has 33 heavy (non-hydrogen) atoms. The van der Waals surface area contributed by atoms with Crippen LogP contribution in [-0.4, -0.2) is 67.0 Å². The fourth-order valence-corrected chi connectivity index (χ4v) is 4.60. The van der Waals surface area contributed by atoms with Crippen LogP contribution in [0.1, 0.15) is 29.9 Å². The molecule has 0 aromatic carbocycles. The van der Waals surface area contributed by atoms with Crippen molar-refractivity contribution in [1.29, 1.82) is 0 Å². The lowest BCUT2D eigenvalue weighted by Crippen LogP contribution is -2.37. The van der Waals surface area contributed by atoms with Crippen molar-refractivity contribution in [3.63, 3.8) is 0 Å². The molecule has 0 amide bonds. The van der Waals surface area contributed by atoms with Crippen LogP contribution in [-0.2, 0) is 11.0 Å². The number of ether oxygens (including phenoxy) is 1. The van der Waals surface area contributed by atoms with Gasteiger partial charge in [0.2, 0.25) is 18.2 Å². The van der Waals surface area contributed by atoms with E-state index in [1.807, 2.05) is 4.90 Å². The first-order chi connectivity index (χ1) is 15.7. The summed E-state index contributed by atoms with van der Waals surface area (Å²) < 4.78 is 22.2. The van der Waals surface area contributed by atoms with Gasteiger partial charge in [0.15, 0.2) is 0 Å². The molecule has 0 radical (unpaired) electrons. The lowest BCUT2D eigenvalue weighted by molar-refractivity contribution is 0.0884. The van der Waals surface area contributed by atoms with Gasteiger partial charge in [0.25, 0.3) is 11.5 Å². The molecule has 1 aliphatic rings. The van der Waals surface area contributed by atoms with Crippen LogP contribution in [0, 0.1) is 5.92 Å². The van der Waals surface area contributed by atoms with Gasteiger partial charge in [0.1, 0.15) is 12.2 Å². The average molecular weight is 478 g/mol. The monoisotopic (exact) mass is 478 g/mol. The first-order valence-corrected chi connectivity index (χ1v) is 12.1. The van der Waals surface area contributed by atoms with Gasteiger partial charge in [-0.25, -0.2) is 0 Å². The Morgan fingerprint density at radius 3 is 2.73 bits per heavy atom. The van der Waals surface area contributed by atoms with Crippen molar-refractivity contribution in [2.45, 2.75) is 25.7 Å². The number of hydrogen-bond donors (Lipinski definition) is 2. The molecule has 3 aromatic rings. The summed E-state index contributed by atoms with van der Waals surface area (Å²) in [6, 6.07) is 1.58. The van der Waals surface area contributed by atoms with E-state index in [-0.39, 0.29) is 29.8 Å². The number of piperidine rings is 1. The highest BCUT2D eigenvalue weighted by Crippen LogP contribution is 2.38. The molecule has 176 valence electrons. The highest BCUT2D eigenvalue weighted by Gasteiger charge is 2.26. The topological polar surface area (TPSA) is 174 Å². The predicted octanol–water partition coefficient (Wildman–Crippen LogP) is 0.850. The Morgan fingerprint density at radius 1 is 1.33 bits per heavy atom. The van der Waals surface area contributed by atoms with Crippen molar-refractivity contribution in [1.82, 2.24) is 25.0 Å². The lowest BCUT2D eigenvalue weighted by Gasteiger charge is -2.33. The van der Waals surface area contributed by atoms with E-state index >= 15 is 0 Å². The van der Waals surface area contributed by atoms with Crippen LogP contribution in [0.5, 0.6) is 5.88 Å². The maximum Gasteiger partial charge on any atom is 0.325 e. The van der Waals surface area contributed by atoms with Gasteiger partial charge >= 0.3 is 7.60 Å². The summed E-state index contributed by atoms with van der Waals surface area (Å²) >= 11 is 0. The first-order valence-electron chi connectivity index (χ1n) is 10.3. The molecule has 3 aromatic heterocycles. The van der Waals surface area contributed by atoms with E-state index in [1.165, 1.54) is 13.3 Å². The number of aromatic nitrogens is 5. The third-order valence-corrected chi connectivity index (χ3v) is 6.46. The van der Waals surface area contributed by atoms with Crippen LogP contribution in [0.4, 0.5) is 5.82 Å². The van der Waals surface area contributed by atoms with Crippen LogP contribution >= 0.6 is 7.60 Å². The second-order valence-electron chi connectivity index (χ2n) is 7.82. The van der Waals surface area contributed by atoms with Crippen LogP contribution in [0.25, 0.3) is 10.8 Å². The molecule has 0 unspecified atom stereocenters. The predicted molar refractivity (Wildman–Crippen MR) is 115 cm³/mol. The number of anilines is 1. The molecule has 4 rings (SSSR count). The van der Waals surface area contributed by atoms with Crippen molar-refractivity contribution < 1.29 is 28.3 Å². The van der Waals surface area contributed by atoms with Crippen LogP contribution < -0.4 is 15.2 Å². The number of nitrogens with zero attached hydrogens (tertiary/aromatic N) is 6. The van der Waals surface area contributed by atoms with Crippen molar-refractivity contribution in [3.8, 4) is 5.88 Å². The molecule has 0 aliphatic carbocycles. The Hall–Kier alpha value is -3.15. The second-order valence-corrected chi connectivity index (χ2v) is 9.60. The number of carbonyl (C=O) groups excluding carboxylic acids is 1. The summed E-state index contributed by atoms with van der Waals surface area (Å²) in [6.45, 7) is 1.08. The molecule has 0 saturated carbocycles.